The van der Waals surface area contributed by atoms with Gasteiger partial charge < -0.3 is 10.6 Å². The molecule has 1 saturated heterocycles. The first-order valence-electron chi connectivity index (χ1n) is 9.28. The van der Waals surface area contributed by atoms with Gasteiger partial charge in [0.1, 0.15) is 16.5 Å². The molecule has 1 amide bonds. The minimum Gasteiger partial charge on any atom is -0.383 e. The normalized spacial score (nSPS) is 16.8. The molecule has 1 aliphatic heterocycles. The van der Waals surface area contributed by atoms with Crippen LogP contribution in [0.2, 0.25) is 0 Å². The van der Waals surface area contributed by atoms with Gasteiger partial charge in [0.05, 0.1) is 28.7 Å². The maximum atomic E-state index is 13.2. The molecule has 0 bridgehead atoms. The molecule has 0 spiro atoms. The number of hydrogen-bond donors (Lipinski definition) is 1. The fourth-order valence-corrected chi connectivity index (χ4v) is 4.35. The van der Waals surface area contributed by atoms with Gasteiger partial charge in [0.2, 0.25) is 0 Å². The van der Waals surface area contributed by atoms with Crippen molar-refractivity contribution in [2.75, 3.05) is 18.8 Å². The van der Waals surface area contributed by atoms with E-state index in [0.29, 0.717) is 41.3 Å². The van der Waals surface area contributed by atoms with E-state index in [1.807, 2.05) is 0 Å². The number of carbonyl (C=O) groups is 2. The maximum absolute atomic E-state index is 13.2. The molecule has 1 fully saturated rings. The van der Waals surface area contributed by atoms with E-state index >= 15 is 0 Å². The van der Waals surface area contributed by atoms with Crippen LogP contribution in [0.1, 0.15) is 38.6 Å². The van der Waals surface area contributed by atoms with Crippen molar-refractivity contribution < 1.29 is 14.0 Å². The van der Waals surface area contributed by atoms with Crippen LogP contribution in [0.4, 0.5) is 10.2 Å². The van der Waals surface area contributed by atoms with Crippen LogP contribution in [-0.2, 0) is 0 Å². The first kappa shape index (κ1) is 19.3. The number of nitrogen functional groups attached to an aromatic ring is 1. The Bertz CT molecular complexity index is 1060. The summed E-state index contributed by atoms with van der Waals surface area (Å²) in [5, 5.41) is 4.20. The van der Waals surface area contributed by atoms with Crippen molar-refractivity contribution in [1.29, 1.82) is 0 Å². The van der Waals surface area contributed by atoms with E-state index in [1.54, 1.807) is 29.5 Å². The molecule has 9 heteroatoms. The first-order chi connectivity index (χ1) is 14.0. The number of amides is 1. The lowest BCUT2D eigenvalue weighted by molar-refractivity contribution is 0.0640. The third-order valence-corrected chi connectivity index (χ3v) is 6.08. The zero-order chi connectivity index (χ0) is 20.5. The van der Waals surface area contributed by atoms with Gasteiger partial charge in [-0.1, -0.05) is 0 Å². The molecule has 2 N–H and O–H groups in total. The number of aryl methyl sites for hydroxylation is 1. The van der Waals surface area contributed by atoms with E-state index in [2.05, 4.69) is 10.1 Å². The largest absolute Gasteiger partial charge is 0.383 e. The van der Waals surface area contributed by atoms with Gasteiger partial charge in [-0.25, -0.2) is 14.1 Å². The number of benzene rings is 1. The van der Waals surface area contributed by atoms with Crippen molar-refractivity contribution in [1.82, 2.24) is 19.7 Å². The predicted molar refractivity (Wildman–Crippen MR) is 108 cm³/mol. The highest BCUT2D eigenvalue weighted by molar-refractivity contribution is 7.11. The minimum atomic E-state index is -0.362. The molecule has 150 valence electrons. The van der Waals surface area contributed by atoms with Crippen molar-refractivity contribution in [3.05, 3.63) is 57.9 Å². The Morgan fingerprint density at radius 2 is 2.03 bits per heavy atom. The summed E-state index contributed by atoms with van der Waals surface area (Å²) in [5.74, 6) is -0.705. The summed E-state index contributed by atoms with van der Waals surface area (Å²) in [7, 11) is 0. The van der Waals surface area contributed by atoms with Crippen molar-refractivity contribution >= 4 is 28.8 Å². The minimum absolute atomic E-state index is 0.0857. The van der Waals surface area contributed by atoms with Gasteiger partial charge in [-0.3, -0.25) is 9.59 Å². The third kappa shape index (κ3) is 3.65. The molecule has 1 aliphatic rings. The summed E-state index contributed by atoms with van der Waals surface area (Å²) in [4.78, 5) is 32.3. The second kappa shape index (κ2) is 7.75. The average molecular weight is 413 g/mol. The number of aromatic nitrogens is 3. The molecule has 1 aromatic carbocycles. The molecule has 0 radical (unpaired) electrons. The van der Waals surface area contributed by atoms with Gasteiger partial charge in [-0.2, -0.15) is 5.10 Å². The molecule has 0 saturated carbocycles. The SMILES string of the molecule is Cc1ncsc1C(=O)N1CCC[C@H](C(=O)c2cnn(-c3ccc(F)cc3)c2N)C1. The smallest absolute Gasteiger partial charge is 0.265 e. The van der Waals surface area contributed by atoms with Crippen LogP contribution in [0.15, 0.2) is 36.0 Å². The second-order valence-corrected chi connectivity index (χ2v) is 7.91. The van der Waals surface area contributed by atoms with E-state index < -0.39 is 0 Å². The fourth-order valence-electron chi connectivity index (χ4n) is 3.58. The van der Waals surface area contributed by atoms with Crippen molar-refractivity contribution in [3.8, 4) is 5.69 Å². The number of hydrogen-bond acceptors (Lipinski definition) is 6. The lowest BCUT2D eigenvalue weighted by Gasteiger charge is -2.31. The molecule has 1 atom stereocenters. The third-order valence-electron chi connectivity index (χ3n) is 5.16. The highest BCUT2D eigenvalue weighted by Crippen LogP contribution is 2.27. The second-order valence-electron chi connectivity index (χ2n) is 7.05. The highest BCUT2D eigenvalue weighted by Gasteiger charge is 2.32. The van der Waals surface area contributed by atoms with E-state index in [9.17, 15) is 14.0 Å². The van der Waals surface area contributed by atoms with Crippen LogP contribution < -0.4 is 5.73 Å². The van der Waals surface area contributed by atoms with E-state index in [0.717, 1.165) is 6.42 Å². The number of Topliss-reactive ketones (excluding diaryl/α,β-unsaturated/α-hetero) is 1. The van der Waals surface area contributed by atoms with Crippen molar-refractivity contribution in [2.24, 2.45) is 5.92 Å². The van der Waals surface area contributed by atoms with Crippen molar-refractivity contribution in [2.45, 2.75) is 19.8 Å². The summed E-state index contributed by atoms with van der Waals surface area (Å²) in [5.41, 5.74) is 9.43. The number of carbonyl (C=O) groups excluding carboxylic acids is 2. The number of rotatable bonds is 4. The number of thiazole rings is 1. The van der Waals surface area contributed by atoms with Gasteiger partial charge in [-0.05, 0) is 44.0 Å². The zero-order valence-electron chi connectivity index (χ0n) is 15.8. The fraction of sp³-hybridized carbons (Fsp3) is 0.300. The molecular formula is C20H20FN5O2S. The Morgan fingerprint density at radius 1 is 1.28 bits per heavy atom. The summed E-state index contributed by atoms with van der Waals surface area (Å²) >= 11 is 1.31. The summed E-state index contributed by atoms with van der Waals surface area (Å²) in [6.07, 6.45) is 2.87. The van der Waals surface area contributed by atoms with Crippen LogP contribution in [0, 0.1) is 18.7 Å². The van der Waals surface area contributed by atoms with E-state index in [-0.39, 0.29) is 29.2 Å². The molecule has 2 aromatic heterocycles. The maximum Gasteiger partial charge on any atom is 0.265 e. The predicted octanol–water partition coefficient (Wildman–Crippen LogP) is 3.09. The number of piperidine rings is 1. The molecule has 7 nitrogen and oxygen atoms in total. The summed E-state index contributed by atoms with van der Waals surface area (Å²) < 4.78 is 14.6. The van der Waals surface area contributed by atoms with Gasteiger partial charge >= 0.3 is 0 Å². The molecule has 29 heavy (non-hydrogen) atoms. The van der Waals surface area contributed by atoms with Gasteiger partial charge in [0.25, 0.3) is 5.91 Å². The summed E-state index contributed by atoms with van der Waals surface area (Å²) in [6, 6.07) is 5.71. The highest BCUT2D eigenvalue weighted by atomic mass is 32.1. The lowest BCUT2D eigenvalue weighted by atomic mass is 9.90. The average Bonchev–Trinajstić information content (AvgIpc) is 3.33. The number of anilines is 1. The standard InChI is InChI=1S/C20H20FN5O2S/c1-12-18(29-11-23-12)20(28)25-8-2-3-13(10-25)17(27)16-9-24-26(19(16)22)15-6-4-14(21)5-7-15/h4-7,9,11,13H,2-3,8,10,22H2,1H3/t13-/m0/s1. The number of halogens is 1. The Hall–Kier alpha value is -3.07. The Balaban J connectivity index is 1.53. The first-order valence-corrected chi connectivity index (χ1v) is 10.2. The van der Waals surface area contributed by atoms with Crippen LogP contribution in [-0.4, -0.2) is 44.4 Å². The quantitative estimate of drug-likeness (QED) is 0.664. The lowest BCUT2D eigenvalue weighted by Crippen LogP contribution is -2.42. The van der Waals surface area contributed by atoms with Crippen LogP contribution in [0.3, 0.4) is 0 Å². The van der Waals surface area contributed by atoms with Crippen LogP contribution in [0.5, 0.6) is 0 Å². The number of likely N-dealkylation sites (tertiary alicyclic amines) is 1. The molecule has 3 heterocycles. The number of nitrogens with two attached hydrogens (primary N) is 1. The van der Waals surface area contributed by atoms with Crippen LogP contribution in [0.25, 0.3) is 5.69 Å². The van der Waals surface area contributed by atoms with Gasteiger partial charge in [-0.15, -0.1) is 11.3 Å². The van der Waals surface area contributed by atoms with E-state index in [4.69, 9.17) is 5.73 Å². The molecule has 3 aromatic rings. The van der Waals surface area contributed by atoms with E-state index in [1.165, 1.54) is 34.3 Å². The molecule has 0 aliphatic carbocycles. The van der Waals surface area contributed by atoms with Crippen molar-refractivity contribution in [3.63, 3.8) is 0 Å². The van der Waals surface area contributed by atoms with Gasteiger partial charge in [0.15, 0.2) is 5.78 Å². The number of nitrogens with zero attached hydrogens (tertiary/aromatic N) is 4. The Labute approximate surface area is 171 Å². The molecule has 0 unspecified atom stereocenters. The Morgan fingerprint density at radius 3 is 2.72 bits per heavy atom. The topological polar surface area (TPSA) is 94.1 Å². The summed E-state index contributed by atoms with van der Waals surface area (Å²) in [6.45, 7) is 2.77. The molecular weight excluding hydrogens is 393 g/mol. The monoisotopic (exact) mass is 413 g/mol. The zero-order valence-corrected chi connectivity index (χ0v) is 16.7. The van der Waals surface area contributed by atoms with Gasteiger partial charge in [0, 0.05) is 19.0 Å². The Kier molecular flexibility index (Phi) is 5.14. The van der Waals surface area contributed by atoms with Crippen LogP contribution >= 0.6 is 11.3 Å². The molecule has 4 rings (SSSR count). The number of ketones is 1.